The highest BCUT2D eigenvalue weighted by Crippen LogP contribution is 2.22. The van der Waals surface area contributed by atoms with Crippen molar-refractivity contribution in [3.05, 3.63) is 82.5 Å². The molecule has 0 spiro atoms. The molecule has 164 valence electrons. The number of fused-ring (bicyclic) bond motifs is 3. The molecule has 0 saturated carbocycles. The molecule has 3 heterocycles. The van der Waals surface area contributed by atoms with Gasteiger partial charge in [-0.25, -0.2) is 4.39 Å². The molecule has 1 fully saturated rings. The fraction of sp³-hybridized carbons (Fsp3) is 0.280. The molecule has 32 heavy (non-hydrogen) atoms. The summed E-state index contributed by atoms with van der Waals surface area (Å²) in [4.78, 5) is 30.4. The Bertz CT molecular complexity index is 1390. The van der Waals surface area contributed by atoms with Gasteiger partial charge in [-0.2, -0.15) is 0 Å². The van der Waals surface area contributed by atoms with Crippen molar-refractivity contribution in [3.63, 3.8) is 0 Å². The first-order valence-electron chi connectivity index (χ1n) is 10.8. The van der Waals surface area contributed by atoms with E-state index in [2.05, 4.69) is 36.9 Å². The van der Waals surface area contributed by atoms with Crippen LogP contribution in [0, 0.1) is 12.7 Å². The number of amides is 1. The number of halogens is 1. The first kappa shape index (κ1) is 20.3. The molecule has 1 saturated heterocycles. The van der Waals surface area contributed by atoms with Crippen LogP contribution >= 0.6 is 0 Å². The van der Waals surface area contributed by atoms with Crippen LogP contribution in [0.1, 0.15) is 12.5 Å². The van der Waals surface area contributed by atoms with Gasteiger partial charge in [0.15, 0.2) is 0 Å². The normalized spacial score (nSPS) is 16.8. The molecular formula is C25H25FN4O2. The van der Waals surface area contributed by atoms with Gasteiger partial charge in [0.1, 0.15) is 17.9 Å². The standard InChI is InChI=1S/C25H25FN4O2/c1-17-5-3-6-20(13-17)28-12-11-27(15-18(28)2)24(31)16-30-23-14-19(26)8-9-21(23)29-10-4-7-22(29)25(30)32/h3-10,13-14,18H,11-12,15-16H2,1-2H3/t18-/m0/s1. The van der Waals surface area contributed by atoms with Gasteiger partial charge in [0.05, 0.1) is 11.0 Å². The summed E-state index contributed by atoms with van der Waals surface area (Å²) >= 11 is 0. The highest BCUT2D eigenvalue weighted by Gasteiger charge is 2.27. The van der Waals surface area contributed by atoms with Gasteiger partial charge in [0.25, 0.3) is 5.56 Å². The Labute approximate surface area is 185 Å². The second kappa shape index (κ2) is 7.82. The van der Waals surface area contributed by atoms with Crippen molar-refractivity contribution >= 4 is 28.1 Å². The molecule has 7 heteroatoms. The van der Waals surface area contributed by atoms with Crippen LogP contribution in [0.15, 0.2) is 65.6 Å². The third-order valence-corrected chi connectivity index (χ3v) is 6.31. The van der Waals surface area contributed by atoms with Gasteiger partial charge in [-0.1, -0.05) is 12.1 Å². The Balaban J connectivity index is 1.42. The molecule has 1 amide bonds. The zero-order chi connectivity index (χ0) is 22.4. The van der Waals surface area contributed by atoms with Crippen LogP contribution < -0.4 is 10.5 Å². The number of aromatic nitrogens is 2. The zero-order valence-electron chi connectivity index (χ0n) is 18.2. The van der Waals surface area contributed by atoms with Crippen molar-refractivity contribution in [3.8, 4) is 0 Å². The number of piperazine rings is 1. The van der Waals surface area contributed by atoms with E-state index in [1.54, 1.807) is 33.7 Å². The molecule has 1 aliphatic rings. The second-order valence-electron chi connectivity index (χ2n) is 8.51. The number of nitrogens with zero attached hydrogens (tertiary/aromatic N) is 4. The summed E-state index contributed by atoms with van der Waals surface area (Å²) in [6.45, 7) is 5.93. The quantitative estimate of drug-likeness (QED) is 0.498. The van der Waals surface area contributed by atoms with E-state index in [-0.39, 0.29) is 24.1 Å². The maximum atomic E-state index is 14.0. The van der Waals surface area contributed by atoms with Crippen molar-refractivity contribution in [2.75, 3.05) is 24.5 Å². The van der Waals surface area contributed by atoms with E-state index in [1.807, 2.05) is 6.07 Å². The van der Waals surface area contributed by atoms with Crippen LogP contribution in [0.2, 0.25) is 0 Å². The Morgan fingerprint density at radius 1 is 1.03 bits per heavy atom. The van der Waals surface area contributed by atoms with Gasteiger partial charge in [0, 0.05) is 37.6 Å². The van der Waals surface area contributed by atoms with E-state index in [4.69, 9.17) is 0 Å². The van der Waals surface area contributed by atoms with Crippen molar-refractivity contribution in [1.29, 1.82) is 0 Å². The van der Waals surface area contributed by atoms with Crippen molar-refractivity contribution in [2.24, 2.45) is 0 Å². The molecule has 6 nitrogen and oxygen atoms in total. The van der Waals surface area contributed by atoms with E-state index in [1.165, 1.54) is 22.3 Å². The molecule has 2 aromatic carbocycles. The van der Waals surface area contributed by atoms with Crippen LogP contribution in [0.3, 0.4) is 0 Å². The molecular weight excluding hydrogens is 407 g/mol. The Hall–Kier alpha value is -3.61. The second-order valence-corrected chi connectivity index (χ2v) is 8.51. The molecule has 1 atom stereocenters. The predicted molar refractivity (Wildman–Crippen MR) is 124 cm³/mol. The van der Waals surface area contributed by atoms with Crippen molar-refractivity contribution in [1.82, 2.24) is 13.9 Å². The number of rotatable bonds is 3. The predicted octanol–water partition coefficient (Wildman–Crippen LogP) is 3.44. The lowest BCUT2D eigenvalue weighted by Gasteiger charge is -2.41. The molecule has 0 bridgehead atoms. The molecule has 2 aromatic heterocycles. The number of hydrogen-bond acceptors (Lipinski definition) is 3. The minimum Gasteiger partial charge on any atom is -0.365 e. The van der Waals surface area contributed by atoms with Gasteiger partial charge in [0.2, 0.25) is 5.91 Å². The molecule has 5 rings (SSSR count). The van der Waals surface area contributed by atoms with E-state index >= 15 is 0 Å². The van der Waals surface area contributed by atoms with Crippen molar-refractivity contribution in [2.45, 2.75) is 26.4 Å². The summed E-state index contributed by atoms with van der Waals surface area (Å²) in [5.74, 6) is -0.575. The third kappa shape index (κ3) is 3.43. The molecule has 4 aromatic rings. The lowest BCUT2D eigenvalue weighted by Crippen LogP contribution is -2.54. The topological polar surface area (TPSA) is 50.0 Å². The van der Waals surface area contributed by atoms with Crippen LogP contribution in [-0.4, -0.2) is 45.5 Å². The fourth-order valence-electron chi connectivity index (χ4n) is 4.70. The zero-order valence-corrected chi connectivity index (χ0v) is 18.2. The van der Waals surface area contributed by atoms with Crippen LogP contribution in [-0.2, 0) is 11.3 Å². The van der Waals surface area contributed by atoms with Crippen LogP contribution in [0.4, 0.5) is 10.1 Å². The summed E-state index contributed by atoms with van der Waals surface area (Å²) in [6.07, 6.45) is 1.77. The number of benzene rings is 2. The van der Waals surface area contributed by atoms with E-state index in [0.717, 1.165) is 12.2 Å². The minimum atomic E-state index is -0.440. The lowest BCUT2D eigenvalue weighted by atomic mass is 10.1. The van der Waals surface area contributed by atoms with E-state index in [9.17, 15) is 14.0 Å². The minimum absolute atomic E-state index is 0.113. The van der Waals surface area contributed by atoms with E-state index in [0.29, 0.717) is 29.6 Å². The number of anilines is 1. The molecule has 0 N–H and O–H groups in total. The van der Waals surface area contributed by atoms with Crippen LogP contribution in [0.25, 0.3) is 16.6 Å². The Kier molecular flexibility index (Phi) is 4.96. The van der Waals surface area contributed by atoms with Gasteiger partial charge in [-0.15, -0.1) is 0 Å². The smallest absolute Gasteiger partial charge is 0.275 e. The highest BCUT2D eigenvalue weighted by atomic mass is 19.1. The maximum Gasteiger partial charge on any atom is 0.275 e. The molecule has 0 unspecified atom stereocenters. The molecule has 1 aliphatic heterocycles. The maximum absolute atomic E-state index is 14.0. The average molecular weight is 432 g/mol. The van der Waals surface area contributed by atoms with Crippen LogP contribution in [0.5, 0.6) is 0 Å². The number of carbonyl (C=O) groups is 1. The molecule has 0 radical (unpaired) electrons. The van der Waals surface area contributed by atoms with Gasteiger partial charge >= 0.3 is 0 Å². The summed E-state index contributed by atoms with van der Waals surface area (Å²) in [5, 5.41) is 0. The number of hydrogen-bond donors (Lipinski definition) is 0. The fourth-order valence-corrected chi connectivity index (χ4v) is 4.70. The van der Waals surface area contributed by atoms with Crippen molar-refractivity contribution < 1.29 is 9.18 Å². The van der Waals surface area contributed by atoms with E-state index < -0.39 is 5.82 Å². The summed E-state index contributed by atoms with van der Waals surface area (Å²) < 4.78 is 17.2. The highest BCUT2D eigenvalue weighted by molar-refractivity contribution is 5.83. The molecule has 0 aliphatic carbocycles. The number of carbonyl (C=O) groups excluding carboxylic acids is 1. The first-order valence-corrected chi connectivity index (χ1v) is 10.8. The summed E-state index contributed by atoms with van der Waals surface area (Å²) in [6, 6.07) is 16.3. The SMILES string of the molecule is Cc1cccc(N2CCN(C(=O)Cn3c(=O)c4cccn4c4ccc(F)cc43)C[C@@H]2C)c1. The summed E-state index contributed by atoms with van der Waals surface area (Å²) in [5.41, 5.74) is 3.63. The first-order chi connectivity index (χ1) is 15.4. The lowest BCUT2D eigenvalue weighted by molar-refractivity contribution is -0.132. The largest absolute Gasteiger partial charge is 0.365 e. The van der Waals surface area contributed by atoms with Gasteiger partial charge < -0.3 is 14.2 Å². The number of aryl methyl sites for hydroxylation is 1. The van der Waals surface area contributed by atoms with Gasteiger partial charge in [-0.05, 0) is 61.9 Å². The Morgan fingerprint density at radius 3 is 2.66 bits per heavy atom. The third-order valence-electron chi connectivity index (χ3n) is 6.31. The Morgan fingerprint density at radius 2 is 1.88 bits per heavy atom. The van der Waals surface area contributed by atoms with Gasteiger partial charge in [-0.3, -0.25) is 14.2 Å². The average Bonchev–Trinajstić information content (AvgIpc) is 3.26. The monoisotopic (exact) mass is 432 g/mol. The summed E-state index contributed by atoms with van der Waals surface area (Å²) in [7, 11) is 0.